The van der Waals surface area contributed by atoms with Crippen molar-refractivity contribution in [1.29, 1.82) is 0 Å². The first-order valence-corrected chi connectivity index (χ1v) is 7.42. The Balaban J connectivity index is 3.73. The van der Waals surface area contributed by atoms with Crippen LogP contribution in [0.3, 0.4) is 0 Å². The van der Waals surface area contributed by atoms with E-state index in [9.17, 15) is 9.59 Å². The van der Waals surface area contributed by atoms with E-state index in [1.165, 1.54) is 7.11 Å². The summed E-state index contributed by atoms with van der Waals surface area (Å²) in [6, 6.07) is 3.81. The van der Waals surface area contributed by atoms with Gasteiger partial charge in [0.15, 0.2) is 0 Å². The summed E-state index contributed by atoms with van der Waals surface area (Å²) in [6.45, 7) is 12.3. The Bertz CT molecular complexity index is 625. The lowest BCUT2D eigenvalue weighted by Gasteiger charge is -2.30. The van der Waals surface area contributed by atoms with E-state index in [1.54, 1.807) is 6.07 Å². The molecule has 0 saturated heterocycles. The molecule has 0 saturated carbocycles. The fraction of sp³-hybridized carbons (Fsp3) is 0.529. The minimum atomic E-state index is -1.12. The van der Waals surface area contributed by atoms with Crippen LogP contribution in [0.25, 0.3) is 0 Å². The molecule has 0 unspecified atom stereocenters. The van der Waals surface area contributed by atoms with E-state index in [-0.39, 0.29) is 10.8 Å². The largest absolute Gasteiger partial charge is 0.494 e. The molecule has 1 aromatic rings. The molecular formula is C17H27N3O3. The van der Waals surface area contributed by atoms with Gasteiger partial charge < -0.3 is 10.5 Å². The van der Waals surface area contributed by atoms with Gasteiger partial charge in [-0.1, -0.05) is 47.6 Å². The van der Waals surface area contributed by atoms with E-state index >= 15 is 0 Å². The molecule has 1 rings (SSSR count). The van der Waals surface area contributed by atoms with Gasteiger partial charge in [0.2, 0.25) is 0 Å². The minimum Gasteiger partial charge on any atom is -0.494 e. The zero-order chi connectivity index (χ0) is 18.2. The molecule has 1 aromatic carbocycles. The molecular weight excluding hydrogens is 294 g/mol. The van der Waals surface area contributed by atoms with E-state index in [4.69, 9.17) is 16.3 Å². The second-order valence-electron chi connectivity index (χ2n) is 7.62. The number of methoxy groups -OCH3 is 1. The summed E-state index contributed by atoms with van der Waals surface area (Å²) in [5.41, 5.74) is 6.86. The molecule has 0 spiro atoms. The van der Waals surface area contributed by atoms with Crippen molar-refractivity contribution < 1.29 is 14.3 Å². The molecule has 0 aliphatic heterocycles. The Morgan fingerprint density at radius 2 is 1.57 bits per heavy atom. The van der Waals surface area contributed by atoms with Crippen LogP contribution >= 0.6 is 0 Å². The predicted octanol–water partition coefficient (Wildman–Crippen LogP) is 1.98. The van der Waals surface area contributed by atoms with Crippen molar-refractivity contribution in [3.8, 4) is 5.75 Å². The van der Waals surface area contributed by atoms with Gasteiger partial charge in [-0.05, 0) is 22.5 Å². The number of rotatable bonds is 2. The van der Waals surface area contributed by atoms with Crippen molar-refractivity contribution in [3.63, 3.8) is 0 Å². The molecule has 0 radical (unpaired) electrons. The standard InChI is InChI=1S/C17H27N3O3/c1-16(2,3)10-8-11(17(4,5)6)13(23-7)12(9-10)20(19)15(22)14(18)21/h8-9H,19H2,1-7H3,(H2,18,21). The highest BCUT2D eigenvalue weighted by atomic mass is 16.5. The molecule has 6 heteroatoms. The van der Waals surface area contributed by atoms with Crippen molar-refractivity contribution >= 4 is 17.5 Å². The van der Waals surface area contributed by atoms with Crippen molar-refractivity contribution in [1.82, 2.24) is 0 Å². The van der Waals surface area contributed by atoms with Gasteiger partial charge in [-0.15, -0.1) is 0 Å². The maximum Gasteiger partial charge on any atom is 0.330 e. The van der Waals surface area contributed by atoms with Crippen LogP contribution in [0.4, 0.5) is 5.69 Å². The minimum absolute atomic E-state index is 0.169. The molecule has 0 aromatic heterocycles. The molecule has 2 amide bonds. The average Bonchev–Trinajstić information content (AvgIpc) is 2.41. The highest BCUT2D eigenvalue weighted by Gasteiger charge is 2.29. The smallest absolute Gasteiger partial charge is 0.330 e. The van der Waals surface area contributed by atoms with Crippen LogP contribution in [0.15, 0.2) is 12.1 Å². The first kappa shape index (κ1) is 19.0. The van der Waals surface area contributed by atoms with Gasteiger partial charge in [0.1, 0.15) is 11.4 Å². The monoisotopic (exact) mass is 321 g/mol. The van der Waals surface area contributed by atoms with Crippen molar-refractivity contribution in [2.45, 2.75) is 52.4 Å². The second kappa shape index (κ2) is 6.20. The molecule has 128 valence electrons. The fourth-order valence-corrected chi connectivity index (χ4v) is 2.23. The SMILES string of the molecule is COc1c(N(N)C(=O)C(N)=O)cc(C(C)(C)C)cc1C(C)(C)C. The lowest BCUT2D eigenvalue weighted by molar-refractivity contribution is -0.135. The van der Waals surface area contributed by atoms with Crippen molar-refractivity contribution in [3.05, 3.63) is 23.3 Å². The topological polar surface area (TPSA) is 98.7 Å². The number of hydrogen-bond acceptors (Lipinski definition) is 4. The third kappa shape index (κ3) is 4.01. The number of hydrazine groups is 1. The van der Waals surface area contributed by atoms with E-state index in [1.807, 2.05) is 26.8 Å². The zero-order valence-electron chi connectivity index (χ0n) is 15.0. The molecule has 0 fully saturated rings. The third-order valence-corrected chi connectivity index (χ3v) is 3.64. The number of anilines is 1. The van der Waals surface area contributed by atoms with Crippen molar-refractivity contribution in [2.24, 2.45) is 11.6 Å². The van der Waals surface area contributed by atoms with Crippen molar-refractivity contribution in [2.75, 3.05) is 12.1 Å². The summed E-state index contributed by atoms with van der Waals surface area (Å²) in [6.07, 6.45) is 0. The molecule has 4 N–H and O–H groups in total. The zero-order valence-corrected chi connectivity index (χ0v) is 15.0. The first-order valence-electron chi connectivity index (χ1n) is 7.42. The van der Waals surface area contributed by atoms with Gasteiger partial charge in [-0.2, -0.15) is 0 Å². The normalized spacial score (nSPS) is 12.0. The van der Waals surface area contributed by atoms with Gasteiger partial charge in [0.25, 0.3) is 0 Å². The second-order valence-corrected chi connectivity index (χ2v) is 7.62. The number of carbonyl (C=O) groups is 2. The van der Waals surface area contributed by atoms with E-state index < -0.39 is 11.8 Å². The van der Waals surface area contributed by atoms with Gasteiger partial charge in [-0.3, -0.25) is 9.59 Å². The predicted molar refractivity (Wildman–Crippen MR) is 91.3 cm³/mol. The van der Waals surface area contributed by atoms with E-state index in [2.05, 4.69) is 20.8 Å². The highest BCUT2D eigenvalue weighted by Crippen LogP contribution is 2.41. The van der Waals surface area contributed by atoms with Crippen LogP contribution in [-0.4, -0.2) is 18.9 Å². The molecule has 6 nitrogen and oxygen atoms in total. The van der Waals surface area contributed by atoms with Crippen LogP contribution in [-0.2, 0) is 20.4 Å². The summed E-state index contributed by atoms with van der Waals surface area (Å²) >= 11 is 0. The van der Waals surface area contributed by atoms with Gasteiger partial charge in [-0.25, -0.2) is 10.9 Å². The molecule has 0 bridgehead atoms. The summed E-state index contributed by atoms with van der Waals surface area (Å²) in [7, 11) is 1.51. The average molecular weight is 321 g/mol. The summed E-state index contributed by atoms with van der Waals surface area (Å²) < 4.78 is 5.50. The Labute approximate surface area is 137 Å². The van der Waals surface area contributed by atoms with E-state index in [0.29, 0.717) is 11.4 Å². The summed E-state index contributed by atoms with van der Waals surface area (Å²) in [4.78, 5) is 23.1. The molecule has 0 aliphatic rings. The van der Waals surface area contributed by atoms with Crippen LogP contribution < -0.4 is 21.3 Å². The van der Waals surface area contributed by atoms with Crippen LogP contribution in [0.5, 0.6) is 5.75 Å². The quantitative estimate of drug-likeness (QED) is 0.376. The molecule has 0 aliphatic carbocycles. The molecule has 0 heterocycles. The van der Waals surface area contributed by atoms with Crippen LogP contribution in [0.1, 0.15) is 52.7 Å². The third-order valence-electron chi connectivity index (χ3n) is 3.64. The number of hydrogen-bond donors (Lipinski definition) is 2. The fourth-order valence-electron chi connectivity index (χ4n) is 2.23. The number of primary amides is 1. The van der Waals surface area contributed by atoms with Crippen LogP contribution in [0, 0.1) is 0 Å². The maximum absolute atomic E-state index is 11.9. The number of ether oxygens (including phenoxy) is 1. The Morgan fingerprint density at radius 1 is 1.04 bits per heavy atom. The number of amides is 2. The lowest BCUT2D eigenvalue weighted by Crippen LogP contribution is -2.45. The Morgan fingerprint density at radius 3 is 1.91 bits per heavy atom. The van der Waals surface area contributed by atoms with Gasteiger partial charge in [0.05, 0.1) is 7.11 Å². The lowest BCUT2D eigenvalue weighted by atomic mass is 9.79. The van der Waals surface area contributed by atoms with Gasteiger partial charge >= 0.3 is 11.8 Å². The first-order chi connectivity index (χ1) is 10.3. The Kier molecular flexibility index (Phi) is 5.11. The number of nitrogens with two attached hydrogens (primary N) is 2. The summed E-state index contributed by atoms with van der Waals surface area (Å²) in [5.74, 6) is 4.19. The number of carbonyl (C=O) groups excluding carboxylic acids is 2. The maximum atomic E-state index is 11.9. The van der Waals surface area contributed by atoms with E-state index in [0.717, 1.165) is 16.1 Å². The number of benzene rings is 1. The molecule has 0 atom stereocenters. The number of nitrogens with zero attached hydrogens (tertiary/aromatic N) is 1. The molecule has 23 heavy (non-hydrogen) atoms. The van der Waals surface area contributed by atoms with Crippen LogP contribution in [0.2, 0.25) is 0 Å². The van der Waals surface area contributed by atoms with Gasteiger partial charge in [0, 0.05) is 5.56 Å². The highest BCUT2D eigenvalue weighted by molar-refractivity contribution is 6.39. The summed E-state index contributed by atoms with van der Waals surface area (Å²) in [5, 5.41) is 0.756. The Hall–Kier alpha value is -2.08.